The van der Waals surface area contributed by atoms with Crippen LogP contribution < -0.4 is 0 Å². The molecule has 148 valence electrons. The second kappa shape index (κ2) is 8.61. The van der Waals surface area contributed by atoms with E-state index < -0.39 is 0 Å². The third kappa shape index (κ3) is 5.23. The fraction of sp³-hybridized carbons (Fsp3) is 0.538. The Morgan fingerprint density at radius 3 is 1.33 bits per heavy atom. The molecule has 0 aliphatic carbocycles. The summed E-state index contributed by atoms with van der Waals surface area (Å²) >= 11 is 0. The monoisotopic (exact) mass is 366 g/mol. The average Bonchev–Trinajstić information content (AvgIpc) is 2.61. The molecule has 0 bridgehead atoms. The molecule has 0 saturated carbocycles. The molecule has 27 heavy (non-hydrogen) atoms. The van der Waals surface area contributed by atoms with Gasteiger partial charge in [-0.3, -0.25) is 0 Å². The summed E-state index contributed by atoms with van der Waals surface area (Å²) in [6.07, 6.45) is 2.18. The van der Waals surface area contributed by atoms with Crippen LogP contribution in [0.4, 0.5) is 0 Å². The predicted molar refractivity (Wildman–Crippen MR) is 118 cm³/mol. The summed E-state index contributed by atoms with van der Waals surface area (Å²) in [6, 6.07) is 13.8. The van der Waals surface area contributed by atoms with Gasteiger partial charge in [-0.1, -0.05) is 77.9 Å². The second-order valence-corrected chi connectivity index (χ2v) is 9.25. The highest BCUT2D eigenvalue weighted by molar-refractivity contribution is 5.36. The summed E-state index contributed by atoms with van der Waals surface area (Å²) in [5.74, 6) is 0. The van der Waals surface area contributed by atoms with Crippen LogP contribution in [0.5, 0.6) is 0 Å². The van der Waals surface area contributed by atoms with Crippen LogP contribution in [0.25, 0.3) is 0 Å². The lowest BCUT2D eigenvalue weighted by Gasteiger charge is -2.30. The van der Waals surface area contributed by atoms with Crippen LogP contribution in [0.1, 0.15) is 74.9 Å². The molecule has 1 heteroatoms. The fourth-order valence-electron chi connectivity index (χ4n) is 3.76. The van der Waals surface area contributed by atoms with Crippen molar-refractivity contribution in [3.8, 4) is 0 Å². The molecular formula is C26H38O. The van der Waals surface area contributed by atoms with E-state index >= 15 is 0 Å². The first-order valence-corrected chi connectivity index (χ1v) is 10.4. The SMILES string of the molecule is CCc1ccc(C(C)(C)COCC(C)(C)c2ccc(CC)c(C)c2)cc1C. The molecule has 0 radical (unpaired) electrons. The van der Waals surface area contributed by atoms with Crippen molar-refractivity contribution in [2.45, 2.75) is 79.1 Å². The van der Waals surface area contributed by atoms with Gasteiger partial charge in [0, 0.05) is 10.8 Å². The lowest BCUT2D eigenvalue weighted by molar-refractivity contribution is 0.0633. The maximum absolute atomic E-state index is 6.26. The Morgan fingerprint density at radius 2 is 1.04 bits per heavy atom. The molecule has 0 saturated heterocycles. The highest BCUT2D eigenvalue weighted by atomic mass is 16.5. The number of rotatable bonds is 8. The average molecular weight is 367 g/mol. The Kier molecular flexibility index (Phi) is 6.92. The van der Waals surface area contributed by atoms with Crippen molar-refractivity contribution in [1.29, 1.82) is 0 Å². The van der Waals surface area contributed by atoms with Crippen molar-refractivity contribution in [2.75, 3.05) is 13.2 Å². The third-order valence-electron chi connectivity index (χ3n) is 5.94. The van der Waals surface area contributed by atoms with Gasteiger partial charge >= 0.3 is 0 Å². The number of hydrogen-bond acceptors (Lipinski definition) is 1. The molecule has 2 rings (SSSR count). The Morgan fingerprint density at radius 1 is 0.667 bits per heavy atom. The summed E-state index contributed by atoms with van der Waals surface area (Å²) < 4.78 is 6.26. The largest absolute Gasteiger partial charge is 0.380 e. The lowest BCUT2D eigenvalue weighted by Crippen LogP contribution is -2.30. The summed E-state index contributed by atoms with van der Waals surface area (Å²) in [4.78, 5) is 0. The first-order chi connectivity index (χ1) is 12.6. The van der Waals surface area contributed by atoms with E-state index in [1.807, 2.05) is 0 Å². The van der Waals surface area contributed by atoms with Crippen molar-refractivity contribution >= 4 is 0 Å². The maximum Gasteiger partial charge on any atom is 0.0558 e. The maximum atomic E-state index is 6.26. The molecule has 0 N–H and O–H groups in total. The number of ether oxygens (including phenoxy) is 1. The van der Waals surface area contributed by atoms with E-state index in [2.05, 4.69) is 91.8 Å². The van der Waals surface area contributed by atoms with Crippen molar-refractivity contribution in [2.24, 2.45) is 0 Å². The van der Waals surface area contributed by atoms with Gasteiger partial charge in [-0.2, -0.15) is 0 Å². The topological polar surface area (TPSA) is 9.23 Å². The van der Waals surface area contributed by atoms with Crippen molar-refractivity contribution in [3.63, 3.8) is 0 Å². The van der Waals surface area contributed by atoms with Crippen molar-refractivity contribution in [1.82, 2.24) is 0 Å². The number of benzene rings is 2. The Labute approximate surface area is 167 Å². The van der Waals surface area contributed by atoms with Gasteiger partial charge in [-0.05, 0) is 60.1 Å². The van der Waals surface area contributed by atoms with Crippen LogP contribution in [-0.2, 0) is 28.4 Å². The molecule has 0 heterocycles. The zero-order chi connectivity index (χ0) is 20.2. The minimum atomic E-state index is 0.00902. The van der Waals surface area contributed by atoms with Crippen molar-refractivity contribution in [3.05, 3.63) is 69.8 Å². The molecule has 0 spiro atoms. The van der Waals surface area contributed by atoms with Gasteiger partial charge in [0.05, 0.1) is 13.2 Å². The van der Waals surface area contributed by atoms with E-state index in [4.69, 9.17) is 4.74 Å². The Hall–Kier alpha value is -1.60. The van der Waals surface area contributed by atoms with Gasteiger partial charge in [0.25, 0.3) is 0 Å². The normalized spacial score (nSPS) is 12.4. The summed E-state index contributed by atoms with van der Waals surface area (Å²) in [7, 11) is 0. The molecule has 1 nitrogen and oxygen atoms in total. The molecule has 2 aromatic rings. The molecule has 0 atom stereocenters. The Bertz CT molecular complexity index is 702. The number of aryl methyl sites for hydroxylation is 4. The summed E-state index contributed by atoms with van der Waals surface area (Å²) in [6.45, 7) is 19.4. The standard InChI is InChI=1S/C26H38O/c1-9-21-11-13-23(15-19(21)3)25(5,6)17-27-18-26(7,8)24-14-12-22(10-2)20(4)16-24/h11-16H,9-10,17-18H2,1-8H3. The van der Waals surface area contributed by atoms with E-state index in [1.165, 1.54) is 33.4 Å². The quantitative estimate of drug-likeness (QED) is 0.505. The first-order valence-electron chi connectivity index (χ1n) is 10.4. The van der Waals surface area contributed by atoms with Crippen LogP contribution in [0.3, 0.4) is 0 Å². The fourth-order valence-corrected chi connectivity index (χ4v) is 3.76. The van der Waals surface area contributed by atoms with Gasteiger partial charge in [0.1, 0.15) is 0 Å². The van der Waals surface area contributed by atoms with Gasteiger partial charge in [-0.15, -0.1) is 0 Å². The summed E-state index contributed by atoms with van der Waals surface area (Å²) in [5, 5.41) is 0. The zero-order valence-electron chi connectivity index (χ0n) is 18.7. The first kappa shape index (κ1) is 21.7. The zero-order valence-corrected chi connectivity index (χ0v) is 18.7. The number of hydrogen-bond donors (Lipinski definition) is 0. The summed E-state index contributed by atoms with van der Waals surface area (Å²) in [5.41, 5.74) is 8.37. The van der Waals surface area contributed by atoms with Gasteiger partial charge in [0.2, 0.25) is 0 Å². The molecule has 0 amide bonds. The van der Waals surface area contributed by atoms with Gasteiger partial charge in [0.15, 0.2) is 0 Å². The molecule has 0 fully saturated rings. The second-order valence-electron chi connectivity index (χ2n) is 9.25. The van der Waals surface area contributed by atoms with Crippen LogP contribution in [-0.4, -0.2) is 13.2 Å². The minimum absolute atomic E-state index is 0.00902. The van der Waals surface area contributed by atoms with Gasteiger partial charge in [-0.25, -0.2) is 0 Å². The van der Waals surface area contributed by atoms with E-state index in [0.717, 1.165) is 26.1 Å². The van der Waals surface area contributed by atoms with Crippen LogP contribution in [0.2, 0.25) is 0 Å². The smallest absolute Gasteiger partial charge is 0.0558 e. The van der Waals surface area contributed by atoms with Gasteiger partial charge < -0.3 is 4.74 Å². The molecule has 0 aliphatic heterocycles. The van der Waals surface area contributed by atoms with Crippen LogP contribution >= 0.6 is 0 Å². The van der Waals surface area contributed by atoms with E-state index in [1.54, 1.807) is 0 Å². The molecule has 0 aliphatic rings. The van der Waals surface area contributed by atoms with E-state index in [0.29, 0.717) is 0 Å². The molecular weight excluding hydrogens is 328 g/mol. The highest BCUT2D eigenvalue weighted by Crippen LogP contribution is 2.29. The van der Waals surface area contributed by atoms with E-state index in [-0.39, 0.29) is 10.8 Å². The highest BCUT2D eigenvalue weighted by Gasteiger charge is 2.26. The molecule has 2 aromatic carbocycles. The van der Waals surface area contributed by atoms with Crippen LogP contribution in [0, 0.1) is 13.8 Å². The molecule has 0 unspecified atom stereocenters. The third-order valence-corrected chi connectivity index (χ3v) is 5.94. The van der Waals surface area contributed by atoms with Crippen molar-refractivity contribution < 1.29 is 4.74 Å². The Balaban J connectivity index is 2.05. The predicted octanol–water partition coefficient (Wildman–Crippen LogP) is 6.70. The van der Waals surface area contributed by atoms with Crippen LogP contribution in [0.15, 0.2) is 36.4 Å². The lowest BCUT2D eigenvalue weighted by atomic mass is 9.82. The molecule has 0 aromatic heterocycles. The van der Waals surface area contributed by atoms with E-state index in [9.17, 15) is 0 Å². The minimum Gasteiger partial charge on any atom is -0.380 e.